The van der Waals surface area contributed by atoms with Crippen LogP contribution in [-0.2, 0) is 13.1 Å². The highest BCUT2D eigenvalue weighted by Crippen LogP contribution is 2.38. The number of aromatic amines is 1. The van der Waals surface area contributed by atoms with E-state index < -0.39 is 6.04 Å². The number of hydrogen-bond acceptors (Lipinski definition) is 8. The van der Waals surface area contributed by atoms with Crippen molar-refractivity contribution in [1.82, 2.24) is 30.1 Å². The fourth-order valence-electron chi connectivity index (χ4n) is 5.77. The number of halogens is 1. The maximum Gasteiger partial charge on any atom is 0.253 e. The molecule has 1 N–H and O–H groups in total. The van der Waals surface area contributed by atoms with E-state index >= 15 is 0 Å². The van der Waals surface area contributed by atoms with Crippen molar-refractivity contribution < 1.29 is 18.3 Å². The van der Waals surface area contributed by atoms with E-state index in [9.17, 15) is 9.18 Å². The minimum absolute atomic E-state index is 0.135. The molecule has 0 amide bonds. The lowest BCUT2D eigenvalue weighted by molar-refractivity contribution is 0.174. The second-order valence-corrected chi connectivity index (χ2v) is 10.3. The zero-order chi connectivity index (χ0) is 27.1. The second kappa shape index (κ2) is 10.2. The molecule has 11 heteroatoms. The van der Waals surface area contributed by atoms with Crippen LogP contribution in [0.1, 0.15) is 60.5 Å². The van der Waals surface area contributed by atoms with Gasteiger partial charge in [-0.25, -0.2) is 9.07 Å². The van der Waals surface area contributed by atoms with Crippen LogP contribution in [0.25, 0.3) is 10.9 Å². The van der Waals surface area contributed by atoms with Gasteiger partial charge in [-0.1, -0.05) is 25.0 Å². The molecule has 1 aliphatic heterocycles. The first-order valence-corrected chi connectivity index (χ1v) is 13.4. The maximum absolute atomic E-state index is 13.8. The summed E-state index contributed by atoms with van der Waals surface area (Å²) in [4.78, 5) is 18.9. The first-order valence-electron chi connectivity index (χ1n) is 13.4. The zero-order valence-electron chi connectivity index (χ0n) is 21.6. The quantitative estimate of drug-likeness (QED) is 0.295. The monoisotopic (exact) mass is 542 g/mol. The minimum atomic E-state index is -0.635. The van der Waals surface area contributed by atoms with Crippen LogP contribution in [0.2, 0.25) is 0 Å². The average molecular weight is 543 g/mol. The topological polar surface area (TPSA) is 111 Å². The lowest BCUT2D eigenvalue weighted by atomic mass is 10.0. The van der Waals surface area contributed by atoms with Crippen molar-refractivity contribution in [1.29, 1.82) is 0 Å². The van der Waals surface area contributed by atoms with Crippen molar-refractivity contribution in [2.45, 2.75) is 50.9 Å². The molecule has 1 fully saturated rings. The molecule has 5 aromatic rings. The first kappa shape index (κ1) is 24.5. The van der Waals surface area contributed by atoms with Gasteiger partial charge in [0.05, 0.1) is 24.4 Å². The van der Waals surface area contributed by atoms with E-state index in [4.69, 9.17) is 13.9 Å². The molecule has 4 heterocycles. The Balaban J connectivity index is 1.40. The van der Waals surface area contributed by atoms with Crippen LogP contribution in [0, 0.1) is 5.82 Å². The van der Waals surface area contributed by atoms with Gasteiger partial charge in [-0.2, -0.15) is 0 Å². The summed E-state index contributed by atoms with van der Waals surface area (Å²) < 4.78 is 32.5. The molecular weight excluding hydrogens is 515 g/mol. The molecule has 0 spiro atoms. The molecule has 2 aliphatic rings. The van der Waals surface area contributed by atoms with Gasteiger partial charge in [0.15, 0.2) is 17.3 Å². The van der Waals surface area contributed by atoms with E-state index in [2.05, 4.69) is 25.4 Å². The van der Waals surface area contributed by atoms with Crippen molar-refractivity contribution in [2.75, 3.05) is 6.79 Å². The second-order valence-electron chi connectivity index (χ2n) is 10.3. The standard InChI is InChI=1S/C29H27FN6O4/c30-20-9-7-18(8-10-20)15-35(16-22-6-3-11-38-22)27(28-32-33-34-36(28)21-4-1-2-5-21)23-12-19-13-25-26(40-17-39-25)14-24(19)31-29(23)37/h3,6-14,21,27H,1-2,4-5,15-17H2,(H,31,37)/t27-/m0/s1. The summed E-state index contributed by atoms with van der Waals surface area (Å²) in [5, 5.41) is 13.7. The molecule has 3 aromatic heterocycles. The summed E-state index contributed by atoms with van der Waals surface area (Å²) in [5.41, 5.74) is 1.73. The number of aromatic nitrogens is 5. The average Bonchev–Trinajstić information content (AvgIpc) is 3.77. The number of nitrogens with zero attached hydrogens (tertiary/aromatic N) is 5. The van der Waals surface area contributed by atoms with Crippen LogP contribution in [0.3, 0.4) is 0 Å². The van der Waals surface area contributed by atoms with Crippen molar-refractivity contribution in [3.63, 3.8) is 0 Å². The molecule has 2 aromatic carbocycles. The number of ether oxygens (including phenoxy) is 2. The third-order valence-corrected chi connectivity index (χ3v) is 7.70. The highest BCUT2D eigenvalue weighted by Gasteiger charge is 2.34. The molecule has 1 atom stereocenters. The van der Waals surface area contributed by atoms with Crippen molar-refractivity contribution in [2.24, 2.45) is 0 Å². The Morgan fingerprint density at radius 2 is 1.85 bits per heavy atom. The third kappa shape index (κ3) is 4.62. The fourth-order valence-corrected chi connectivity index (χ4v) is 5.77. The van der Waals surface area contributed by atoms with Gasteiger partial charge < -0.3 is 18.9 Å². The molecule has 204 valence electrons. The van der Waals surface area contributed by atoms with Gasteiger partial charge in [0, 0.05) is 23.6 Å². The van der Waals surface area contributed by atoms with Gasteiger partial charge >= 0.3 is 0 Å². The number of rotatable bonds is 8. The predicted molar refractivity (Wildman–Crippen MR) is 142 cm³/mol. The van der Waals surface area contributed by atoms with Gasteiger partial charge in [-0.15, -0.1) is 5.10 Å². The molecule has 0 unspecified atom stereocenters. The summed E-state index contributed by atoms with van der Waals surface area (Å²) in [5.74, 6) is 2.19. The summed E-state index contributed by atoms with van der Waals surface area (Å²) in [6.07, 6.45) is 5.76. The first-order chi connectivity index (χ1) is 19.6. The Hall–Kier alpha value is -4.51. The van der Waals surface area contributed by atoms with Gasteiger partial charge in [-0.3, -0.25) is 9.69 Å². The van der Waals surface area contributed by atoms with Crippen molar-refractivity contribution >= 4 is 10.9 Å². The highest BCUT2D eigenvalue weighted by molar-refractivity contribution is 5.83. The molecule has 1 aliphatic carbocycles. The van der Waals surface area contributed by atoms with Crippen molar-refractivity contribution in [3.05, 3.63) is 99.7 Å². The van der Waals surface area contributed by atoms with E-state index in [0.29, 0.717) is 47.3 Å². The Kier molecular flexibility index (Phi) is 6.27. The summed E-state index contributed by atoms with van der Waals surface area (Å²) in [6.45, 7) is 0.892. The number of fused-ring (bicyclic) bond motifs is 2. The zero-order valence-corrected chi connectivity index (χ0v) is 21.6. The lowest BCUT2D eigenvalue weighted by Gasteiger charge is -2.31. The van der Waals surface area contributed by atoms with Gasteiger partial charge in [-0.05, 0) is 65.2 Å². The van der Waals surface area contributed by atoms with Crippen LogP contribution in [0.5, 0.6) is 11.5 Å². The van der Waals surface area contributed by atoms with Crippen molar-refractivity contribution in [3.8, 4) is 11.5 Å². The number of benzene rings is 2. The molecule has 1 saturated carbocycles. The number of nitrogens with one attached hydrogen (secondary N) is 1. The number of tetrazole rings is 1. The number of pyridine rings is 1. The highest BCUT2D eigenvalue weighted by atomic mass is 19.1. The van der Waals surface area contributed by atoms with Crippen LogP contribution >= 0.6 is 0 Å². The SMILES string of the molecule is O=c1[nH]c2cc3c(cc2cc1[C@@H](c1nnnn1C1CCCC1)N(Cc1ccc(F)cc1)Cc1ccco1)OCO3. The van der Waals surface area contributed by atoms with Crippen LogP contribution in [0.15, 0.2) is 70.1 Å². The molecule has 40 heavy (non-hydrogen) atoms. The fraction of sp³-hybridized carbons (Fsp3) is 0.310. The molecule has 7 rings (SSSR count). The minimum Gasteiger partial charge on any atom is -0.468 e. The maximum atomic E-state index is 13.8. The van der Waals surface area contributed by atoms with Crippen LogP contribution in [0.4, 0.5) is 4.39 Å². The van der Waals surface area contributed by atoms with E-state index in [-0.39, 0.29) is 24.2 Å². The van der Waals surface area contributed by atoms with Gasteiger partial charge in [0.2, 0.25) is 6.79 Å². The number of H-pyrrole nitrogens is 1. The molecule has 0 radical (unpaired) electrons. The normalized spacial score (nSPS) is 15.8. The van der Waals surface area contributed by atoms with Crippen LogP contribution < -0.4 is 15.0 Å². The van der Waals surface area contributed by atoms with E-state index in [0.717, 1.165) is 36.6 Å². The molecule has 0 saturated heterocycles. The molecule has 0 bridgehead atoms. The smallest absolute Gasteiger partial charge is 0.253 e. The molecular formula is C29H27FN6O4. The lowest BCUT2D eigenvalue weighted by Crippen LogP contribution is -2.35. The van der Waals surface area contributed by atoms with Gasteiger partial charge in [0.1, 0.15) is 17.6 Å². The summed E-state index contributed by atoms with van der Waals surface area (Å²) in [7, 11) is 0. The van der Waals surface area contributed by atoms with E-state index in [1.807, 2.05) is 28.9 Å². The van der Waals surface area contributed by atoms with E-state index in [1.165, 1.54) is 12.1 Å². The number of furan rings is 1. The Labute approximate surface area is 228 Å². The predicted octanol–water partition coefficient (Wildman–Crippen LogP) is 4.88. The Bertz CT molecular complexity index is 1690. The summed E-state index contributed by atoms with van der Waals surface area (Å²) >= 11 is 0. The Morgan fingerprint density at radius 3 is 2.62 bits per heavy atom. The van der Waals surface area contributed by atoms with Crippen LogP contribution in [-0.4, -0.2) is 36.9 Å². The largest absolute Gasteiger partial charge is 0.468 e. The Morgan fingerprint density at radius 1 is 1.05 bits per heavy atom. The van der Waals surface area contributed by atoms with Gasteiger partial charge in [0.25, 0.3) is 5.56 Å². The summed E-state index contributed by atoms with van der Waals surface area (Å²) in [6, 6.07) is 15.1. The van der Waals surface area contributed by atoms with E-state index in [1.54, 1.807) is 24.5 Å². The number of hydrogen-bond donors (Lipinski definition) is 1. The molecule has 10 nitrogen and oxygen atoms in total. The third-order valence-electron chi connectivity index (χ3n) is 7.70.